The minimum atomic E-state index is 0.180. The maximum atomic E-state index is 8.73. The van der Waals surface area contributed by atoms with Gasteiger partial charge in [0.05, 0.1) is 17.8 Å². The highest BCUT2D eigenvalue weighted by Gasteiger charge is 2.14. The second-order valence-corrected chi connectivity index (χ2v) is 4.72. The van der Waals surface area contributed by atoms with E-state index in [1.807, 2.05) is 30.1 Å². The fraction of sp³-hybridized carbons (Fsp3) is 0.357. The van der Waals surface area contributed by atoms with E-state index in [2.05, 4.69) is 35.3 Å². The van der Waals surface area contributed by atoms with Gasteiger partial charge in [-0.1, -0.05) is 0 Å². The van der Waals surface area contributed by atoms with Crippen LogP contribution in [0.2, 0.25) is 0 Å². The summed E-state index contributed by atoms with van der Waals surface area (Å²) in [6, 6.07) is 6.02. The van der Waals surface area contributed by atoms with Gasteiger partial charge in [-0.3, -0.25) is 4.68 Å². The molecular weight excluding hydrogens is 238 g/mol. The lowest BCUT2D eigenvalue weighted by molar-refractivity contribution is 0.442. The third-order valence-corrected chi connectivity index (χ3v) is 3.14. The number of aromatic nitrogens is 3. The maximum Gasteiger partial charge on any atom is 0.126 e. The molecule has 5 heteroatoms. The lowest BCUT2D eigenvalue weighted by Gasteiger charge is -2.22. The summed E-state index contributed by atoms with van der Waals surface area (Å²) in [4.78, 5) is 4.21. The Morgan fingerprint density at radius 3 is 2.63 bits per heavy atom. The second kappa shape index (κ2) is 5.53. The molecule has 0 spiro atoms. The molecule has 2 rings (SSSR count). The van der Waals surface area contributed by atoms with E-state index in [4.69, 9.17) is 5.26 Å². The summed E-state index contributed by atoms with van der Waals surface area (Å²) in [5.74, 6) is 0.766. The largest absolute Gasteiger partial charge is 0.365 e. The van der Waals surface area contributed by atoms with E-state index >= 15 is 0 Å². The van der Waals surface area contributed by atoms with Crippen molar-refractivity contribution in [1.29, 1.82) is 5.26 Å². The highest BCUT2D eigenvalue weighted by molar-refractivity contribution is 5.39. The van der Waals surface area contributed by atoms with Gasteiger partial charge in [0.15, 0.2) is 0 Å². The van der Waals surface area contributed by atoms with Crippen LogP contribution < -0.4 is 5.32 Å². The molecule has 2 aromatic heterocycles. The van der Waals surface area contributed by atoms with E-state index in [9.17, 15) is 0 Å². The van der Waals surface area contributed by atoms with Crippen LogP contribution in [0.4, 0.5) is 5.82 Å². The molecule has 0 saturated heterocycles. The predicted molar refractivity (Wildman–Crippen MR) is 73.7 cm³/mol. The van der Waals surface area contributed by atoms with Crippen molar-refractivity contribution in [1.82, 2.24) is 14.8 Å². The summed E-state index contributed by atoms with van der Waals surface area (Å²) in [6.45, 7) is 6.21. The number of nitrogens with one attached hydrogen (secondary N) is 1. The topological polar surface area (TPSA) is 66.5 Å². The van der Waals surface area contributed by atoms with Crippen molar-refractivity contribution >= 4 is 5.82 Å². The van der Waals surface area contributed by atoms with Gasteiger partial charge in [-0.05, 0) is 38.5 Å². The Hall–Kier alpha value is -2.35. The van der Waals surface area contributed by atoms with E-state index in [1.165, 1.54) is 0 Å². The van der Waals surface area contributed by atoms with Gasteiger partial charge in [0.2, 0.25) is 0 Å². The molecule has 0 aromatic carbocycles. The number of nitrogens with zero attached hydrogens (tertiary/aromatic N) is 4. The molecule has 2 heterocycles. The number of anilines is 1. The maximum absolute atomic E-state index is 8.73. The van der Waals surface area contributed by atoms with E-state index < -0.39 is 0 Å². The standard InChI is InChI=1S/C14H17N5/c1-10-7-17-19(9-10)12(3)11(2)18-14-5-4-13(6-15)8-16-14/h4-5,7-9,11-12H,1-3H3,(H,16,18). The van der Waals surface area contributed by atoms with Gasteiger partial charge in [0.25, 0.3) is 0 Å². The number of nitriles is 1. The first-order chi connectivity index (χ1) is 9.10. The number of hydrogen-bond acceptors (Lipinski definition) is 4. The molecule has 0 saturated carbocycles. The van der Waals surface area contributed by atoms with Crippen molar-refractivity contribution in [2.45, 2.75) is 32.9 Å². The molecule has 1 N–H and O–H groups in total. The molecule has 98 valence electrons. The van der Waals surface area contributed by atoms with Gasteiger partial charge >= 0.3 is 0 Å². The smallest absolute Gasteiger partial charge is 0.126 e. The van der Waals surface area contributed by atoms with Crippen LogP contribution in [0.1, 0.15) is 31.0 Å². The zero-order valence-electron chi connectivity index (χ0n) is 11.3. The number of aryl methyl sites for hydroxylation is 1. The zero-order valence-corrected chi connectivity index (χ0v) is 11.3. The van der Waals surface area contributed by atoms with Crippen LogP contribution in [-0.2, 0) is 0 Å². The van der Waals surface area contributed by atoms with Crippen LogP contribution in [0.25, 0.3) is 0 Å². The van der Waals surface area contributed by atoms with Gasteiger partial charge in [-0.2, -0.15) is 10.4 Å². The Balaban J connectivity index is 2.03. The van der Waals surface area contributed by atoms with Crippen LogP contribution in [0.3, 0.4) is 0 Å². The molecule has 0 radical (unpaired) electrons. The third kappa shape index (κ3) is 3.10. The molecular formula is C14H17N5. The summed E-state index contributed by atoms with van der Waals surface area (Å²) in [6.07, 6.45) is 5.44. The average molecular weight is 255 g/mol. The van der Waals surface area contributed by atoms with Crippen molar-refractivity contribution < 1.29 is 0 Å². The highest BCUT2D eigenvalue weighted by atomic mass is 15.3. The molecule has 2 atom stereocenters. The Morgan fingerprint density at radius 1 is 1.32 bits per heavy atom. The third-order valence-electron chi connectivity index (χ3n) is 3.14. The second-order valence-electron chi connectivity index (χ2n) is 4.72. The summed E-state index contributed by atoms with van der Waals surface area (Å²) in [7, 11) is 0. The van der Waals surface area contributed by atoms with Gasteiger partial charge in [-0.15, -0.1) is 0 Å². The number of hydrogen-bond donors (Lipinski definition) is 1. The number of pyridine rings is 1. The molecule has 2 unspecified atom stereocenters. The summed E-state index contributed by atoms with van der Waals surface area (Å²) < 4.78 is 1.94. The molecule has 0 bridgehead atoms. The summed E-state index contributed by atoms with van der Waals surface area (Å²) in [5, 5.41) is 16.4. The first-order valence-corrected chi connectivity index (χ1v) is 6.23. The predicted octanol–water partition coefficient (Wildman–Crippen LogP) is 2.52. The Bertz CT molecular complexity index is 579. The fourth-order valence-corrected chi connectivity index (χ4v) is 1.78. The van der Waals surface area contributed by atoms with E-state index in [-0.39, 0.29) is 12.1 Å². The molecule has 19 heavy (non-hydrogen) atoms. The monoisotopic (exact) mass is 255 g/mol. The van der Waals surface area contributed by atoms with Gasteiger partial charge in [-0.25, -0.2) is 4.98 Å². The SMILES string of the molecule is Cc1cnn(C(C)C(C)Nc2ccc(C#N)cn2)c1. The zero-order chi connectivity index (χ0) is 13.8. The molecule has 0 fully saturated rings. The molecule has 0 amide bonds. The van der Waals surface area contributed by atoms with Gasteiger partial charge in [0, 0.05) is 18.4 Å². The van der Waals surface area contributed by atoms with Crippen LogP contribution in [0.5, 0.6) is 0 Å². The van der Waals surface area contributed by atoms with E-state index in [0.29, 0.717) is 5.56 Å². The minimum Gasteiger partial charge on any atom is -0.365 e. The minimum absolute atomic E-state index is 0.180. The van der Waals surface area contributed by atoms with E-state index in [1.54, 1.807) is 12.3 Å². The quantitative estimate of drug-likeness (QED) is 0.911. The number of rotatable bonds is 4. The molecule has 2 aromatic rings. The Labute approximate surface area is 112 Å². The Morgan fingerprint density at radius 2 is 2.11 bits per heavy atom. The van der Waals surface area contributed by atoms with Crippen LogP contribution >= 0.6 is 0 Å². The first-order valence-electron chi connectivity index (χ1n) is 6.23. The Kier molecular flexibility index (Phi) is 3.81. The first kappa shape index (κ1) is 13.1. The molecule has 0 aliphatic carbocycles. The van der Waals surface area contributed by atoms with Crippen molar-refractivity contribution in [3.63, 3.8) is 0 Å². The molecule has 5 nitrogen and oxygen atoms in total. The van der Waals surface area contributed by atoms with Crippen LogP contribution in [-0.4, -0.2) is 20.8 Å². The summed E-state index contributed by atoms with van der Waals surface area (Å²) in [5.41, 5.74) is 1.71. The summed E-state index contributed by atoms with van der Waals surface area (Å²) >= 11 is 0. The van der Waals surface area contributed by atoms with Crippen molar-refractivity contribution in [2.75, 3.05) is 5.32 Å². The lowest BCUT2D eigenvalue weighted by atomic mass is 10.1. The van der Waals surface area contributed by atoms with Crippen LogP contribution in [0.15, 0.2) is 30.7 Å². The normalized spacial score (nSPS) is 13.6. The molecule has 0 aliphatic heterocycles. The van der Waals surface area contributed by atoms with Crippen molar-refractivity contribution in [3.05, 3.63) is 41.9 Å². The van der Waals surface area contributed by atoms with Crippen molar-refractivity contribution in [3.8, 4) is 6.07 Å². The average Bonchev–Trinajstić information content (AvgIpc) is 2.85. The molecule has 0 aliphatic rings. The van der Waals surface area contributed by atoms with Crippen molar-refractivity contribution in [2.24, 2.45) is 0 Å². The van der Waals surface area contributed by atoms with E-state index in [0.717, 1.165) is 11.4 Å². The highest BCUT2D eigenvalue weighted by Crippen LogP contribution is 2.15. The van der Waals surface area contributed by atoms with Gasteiger partial charge < -0.3 is 5.32 Å². The lowest BCUT2D eigenvalue weighted by Crippen LogP contribution is -2.27. The fourth-order valence-electron chi connectivity index (χ4n) is 1.78. The van der Waals surface area contributed by atoms with Gasteiger partial charge in [0.1, 0.15) is 11.9 Å². The van der Waals surface area contributed by atoms with Crippen LogP contribution in [0, 0.1) is 18.3 Å².